The van der Waals surface area contributed by atoms with E-state index in [9.17, 15) is 13.2 Å². The van der Waals surface area contributed by atoms with Gasteiger partial charge in [-0.15, -0.1) is 11.8 Å². The molecule has 3 rings (SSSR count). The van der Waals surface area contributed by atoms with Crippen LogP contribution >= 0.6 is 11.8 Å². The van der Waals surface area contributed by atoms with Crippen LogP contribution in [0.5, 0.6) is 0 Å². The molecule has 138 valence electrons. The summed E-state index contributed by atoms with van der Waals surface area (Å²) in [4.78, 5) is 13.5. The molecule has 0 atom stereocenters. The summed E-state index contributed by atoms with van der Waals surface area (Å²) in [5.74, 6) is 0.187. The maximum atomic E-state index is 12.5. The van der Waals surface area contributed by atoms with Crippen LogP contribution in [0.4, 0.5) is 5.69 Å². The van der Waals surface area contributed by atoms with Crippen molar-refractivity contribution in [3.8, 4) is 0 Å². The van der Waals surface area contributed by atoms with Gasteiger partial charge in [0.15, 0.2) is 0 Å². The van der Waals surface area contributed by atoms with Gasteiger partial charge in [-0.25, -0.2) is 8.42 Å². The second-order valence-corrected chi connectivity index (χ2v) is 9.19. The first-order chi connectivity index (χ1) is 12.5. The number of hydrogen-bond donors (Lipinski definition) is 1. The van der Waals surface area contributed by atoms with Crippen molar-refractivity contribution in [3.05, 3.63) is 54.1 Å². The van der Waals surface area contributed by atoms with Crippen LogP contribution in [0, 0.1) is 6.92 Å². The number of hydrogen-bond acceptors (Lipinski definition) is 4. The normalized spacial score (nSPS) is 15.1. The number of carbonyl (C=O) groups is 1. The van der Waals surface area contributed by atoms with E-state index in [0.717, 1.165) is 23.3 Å². The lowest BCUT2D eigenvalue weighted by Crippen LogP contribution is -2.27. The van der Waals surface area contributed by atoms with Crippen LogP contribution in [0.15, 0.2) is 58.3 Å². The quantitative estimate of drug-likeness (QED) is 0.767. The fourth-order valence-corrected chi connectivity index (χ4v) is 5.19. The second-order valence-electron chi connectivity index (χ2n) is 6.24. The first kappa shape index (κ1) is 18.9. The number of nitrogens with zero attached hydrogens (tertiary/aromatic N) is 1. The number of rotatable bonds is 6. The minimum absolute atomic E-state index is 0.117. The van der Waals surface area contributed by atoms with Crippen LogP contribution in [-0.2, 0) is 14.8 Å². The number of sulfonamides is 1. The molecule has 1 aliphatic rings. The summed E-state index contributed by atoms with van der Waals surface area (Å²) in [5, 5.41) is 2.81. The van der Waals surface area contributed by atoms with E-state index in [0.29, 0.717) is 24.5 Å². The summed E-state index contributed by atoms with van der Waals surface area (Å²) in [7, 11) is -3.42. The largest absolute Gasteiger partial charge is 0.325 e. The maximum Gasteiger partial charge on any atom is 0.243 e. The Labute approximate surface area is 158 Å². The first-order valence-electron chi connectivity index (χ1n) is 8.55. The van der Waals surface area contributed by atoms with Gasteiger partial charge in [0.05, 0.1) is 10.6 Å². The van der Waals surface area contributed by atoms with Crippen molar-refractivity contribution in [2.45, 2.75) is 29.6 Å². The molecular weight excluding hydrogens is 368 g/mol. The van der Waals surface area contributed by atoms with Gasteiger partial charge in [-0.1, -0.05) is 18.2 Å². The summed E-state index contributed by atoms with van der Waals surface area (Å²) in [5.41, 5.74) is 1.74. The molecule has 1 aliphatic heterocycles. The molecule has 2 aromatic rings. The van der Waals surface area contributed by atoms with Crippen LogP contribution in [0.2, 0.25) is 0 Å². The monoisotopic (exact) mass is 390 g/mol. The van der Waals surface area contributed by atoms with Crippen molar-refractivity contribution in [1.82, 2.24) is 4.31 Å². The molecule has 1 N–H and O–H groups in total. The average molecular weight is 391 g/mol. The van der Waals surface area contributed by atoms with Gasteiger partial charge in [0, 0.05) is 23.7 Å². The van der Waals surface area contributed by atoms with Gasteiger partial charge in [-0.3, -0.25) is 4.79 Å². The highest BCUT2D eigenvalue weighted by molar-refractivity contribution is 8.00. The van der Waals surface area contributed by atoms with Crippen molar-refractivity contribution in [2.75, 3.05) is 24.2 Å². The third-order valence-corrected chi connectivity index (χ3v) is 7.38. The van der Waals surface area contributed by atoms with E-state index in [4.69, 9.17) is 0 Å². The van der Waals surface area contributed by atoms with Crippen LogP contribution in [0.25, 0.3) is 0 Å². The molecule has 2 aromatic carbocycles. The molecule has 1 heterocycles. The number of benzene rings is 2. The lowest BCUT2D eigenvalue weighted by molar-refractivity contribution is -0.113. The topological polar surface area (TPSA) is 66.5 Å². The van der Waals surface area contributed by atoms with Gasteiger partial charge in [0.25, 0.3) is 0 Å². The van der Waals surface area contributed by atoms with Gasteiger partial charge < -0.3 is 5.32 Å². The number of amides is 1. The SMILES string of the molecule is Cc1ccccc1SCC(=O)Nc1ccc(S(=O)(=O)N2CCCC2)cc1. The molecule has 1 fully saturated rings. The predicted molar refractivity (Wildman–Crippen MR) is 105 cm³/mol. The third kappa shape index (κ3) is 4.47. The zero-order valence-electron chi connectivity index (χ0n) is 14.6. The molecule has 26 heavy (non-hydrogen) atoms. The van der Waals surface area contributed by atoms with Gasteiger partial charge in [-0.05, 0) is 55.7 Å². The van der Waals surface area contributed by atoms with E-state index in [-0.39, 0.29) is 10.8 Å². The predicted octanol–water partition coefficient (Wildman–Crippen LogP) is 3.51. The molecule has 0 aromatic heterocycles. The van der Waals surface area contributed by atoms with Gasteiger partial charge >= 0.3 is 0 Å². The Morgan fingerprint density at radius 2 is 1.73 bits per heavy atom. The zero-order chi connectivity index (χ0) is 18.6. The highest BCUT2D eigenvalue weighted by Crippen LogP contribution is 2.24. The van der Waals surface area contributed by atoms with E-state index < -0.39 is 10.0 Å². The summed E-state index contributed by atoms with van der Waals surface area (Å²) in [6.07, 6.45) is 1.82. The van der Waals surface area contributed by atoms with Crippen LogP contribution in [0.3, 0.4) is 0 Å². The van der Waals surface area contributed by atoms with E-state index in [1.807, 2.05) is 31.2 Å². The second kappa shape index (κ2) is 8.24. The molecule has 5 nitrogen and oxygen atoms in total. The molecule has 1 saturated heterocycles. The van der Waals surface area contributed by atoms with Crippen LogP contribution < -0.4 is 5.32 Å². The molecule has 0 bridgehead atoms. The Hall–Kier alpha value is -1.83. The smallest absolute Gasteiger partial charge is 0.243 e. The number of carbonyl (C=O) groups excluding carboxylic acids is 1. The highest BCUT2D eigenvalue weighted by atomic mass is 32.2. The molecule has 1 amide bonds. The Balaban J connectivity index is 1.58. The van der Waals surface area contributed by atoms with Crippen molar-refractivity contribution in [2.24, 2.45) is 0 Å². The Kier molecular flexibility index (Phi) is 6.01. The van der Waals surface area contributed by atoms with E-state index in [1.54, 1.807) is 24.3 Å². The fourth-order valence-electron chi connectivity index (χ4n) is 2.85. The van der Waals surface area contributed by atoms with Crippen LogP contribution in [-0.4, -0.2) is 37.5 Å². The van der Waals surface area contributed by atoms with Crippen molar-refractivity contribution in [1.29, 1.82) is 0 Å². The van der Waals surface area contributed by atoms with Crippen LogP contribution in [0.1, 0.15) is 18.4 Å². The Morgan fingerprint density at radius 3 is 2.38 bits per heavy atom. The van der Waals surface area contributed by atoms with Gasteiger partial charge in [-0.2, -0.15) is 4.31 Å². The minimum Gasteiger partial charge on any atom is -0.325 e. The third-order valence-electron chi connectivity index (χ3n) is 4.29. The van der Waals surface area contributed by atoms with E-state index in [2.05, 4.69) is 5.32 Å². The molecule has 0 unspecified atom stereocenters. The lowest BCUT2D eigenvalue weighted by atomic mass is 10.2. The minimum atomic E-state index is -3.42. The number of thioether (sulfide) groups is 1. The number of anilines is 1. The molecular formula is C19H22N2O3S2. The summed E-state index contributed by atoms with van der Waals surface area (Å²) in [6.45, 7) is 3.17. The number of aryl methyl sites for hydroxylation is 1. The van der Waals surface area contributed by atoms with Crippen molar-refractivity contribution < 1.29 is 13.2 Å². The first-order valence-corrected chi connectivity index (χ1v) is 11.0. The summed E-state index contributed by atoms with van der Waals surface area (Å²) < 4.78 is 26.5. The molecule has 0 radical (unpaired) electrons. The van der Waals surface area contributed by atoms with E-state index in [1.165, 1.54) is 16.1 Å². The molecule has 7 heteroatoms. The zero-order valence-corrected chi connectivity index (χ0v) is 16.3. The Morgan fingerprint density at radius 1 is 1.08 bits per heavy atom. The molecule has 0 spiro atoms. The lowest BCUT2D eigenvalue weighted by Gasteiger charge is -2.15. The molecule has 0 aliphatic carbocycles. The maximum absolute atomic E-state index is 12.5. The highest BCUT2D eigenvalue weighted by Gasteiger charge is 2.26. The standard InChI is InChI=1S/C19H22N2O3S2/c1-15-6-2-3-7-18(15)25-14-19(22)20-16-8-10-17(11-9-16)26(23,24)21-12-4-5-13-21/h2-3,6-11H,4-5,12-14H2,1H3,(H,20,22). The van der Waals surface area contributed by atoms with Crippen molar-refractivity contribution in [3.63, 3.8) is 0 Å². The summed E-state index contributed by atoms with van der Waals surface area (Å²) in [6, 6.07) is 14.3. The fraction of sp³-hybridized carbons (Fsp3) is 0.316. The van der Waals surface area contributed by atoms with Gasteiger partial charge in [0.2, 0.25) is 15.9 Å². The number of nitrogens with one attached hydrogen (secondary N) is 1. The van der Waals surface area contributed by atoms with Crippen molar-refractivity contribution >= 4 is 33.4 Å². The van der Waals surface area contributed by atoms with Gasteiger partial charge in [0.1, 0.15) is 0 Å². The average Bonchev–Trinajstić information content (AvgIpc) is 3.17. The summed E-state index contributed by atoms with van der Waals surface area (Å²) >= 11 is 1.48. The van der Waals surface area contributed by atoms with E-state index >= 15 is 0 Å². The molecule has 0 saturated carbocycles. The Bertz CT molecular complexity index is 874.